The highest BCUT2D eigenvalue weighted by Gasteiger charge is 2.23. The number of nitrogens with one attached hydrogen (secondary N) is 2. The molecule has 0 saturated heterocycles. The molecule has 142 valence electrons. The summed E-state index contributed by atoms with van der Waals surface area (Å²) in [7, 11) is 1.25. The molecular formula is C19H19BrN2O5. The number of anilines is 1. The van der Waals surface area contributed by atoms with E-state index in [1.165, 1.54) is 7.11 Å². The Kier molecular flexibility index (Phi) is 6.18. The monoisotopic (exact) mass is 434 g/mol. The molecule has 0 fully saturated rings. The molecule has 1 heterocycles. The van der Waals surface area contributed by atoms with E-state index >= 15 is 0 Å². The Bertz CT molecular complexity index is 828. The van der Waals surface area contributed by atoms with Gasteiger partial charge in [0.2, 0.25) is 5.91 Å². The Hall–Kier alpha value is -2.74. The Morgan fingerprint density at radius 2 is 1.81 bits per heavy atom. The smallest absolute Gasteiger partial charge is 0.407 e. The first-order valence-electron chi connectivity index (χ1n) is 8.35. The number of ether oxygens (including phenoxy) is 3. The number of benzene rings is 2. The van der Waals surface area contributed by atoms with Gasteiger partial charge in [0.05, 0.1) is 12.8 Å². The van der Waals surface area contributed by atoms with Gasteiger partial charge in [-0.2, -0.15) is 0 Å². The molecule has 0 bridgehead atoms. The minimum atomic E-state index is -0.806. The normalized spacial score (nSPS) is 13.4. The average molecular weight is 435 g/mol. The second kappa shape index (κ2) is 8.77. The number of fused-ring (bicyclic) bond motifs is 1. The lowest BCUT2D eigenvalue weighted by Gasteiger charge is -2.22. The molecule has 1 atom stereocenters. The highest BCUT2D eigenvalue weighted by atomic mass is 79.9. The number of rotatable bonds is 5. The fourth-order valence-corrected chi connectivity index (χ4v) is 3.06. The fraction of sp³-hybridized carbons (Fsp3) is 0.263. The molecule has 2 N–H and O–H groups in total. The summed E-state index contributed by atoms with van der Waals surface area (Å²) in [5.41, 5.74) is 1.43. The van der Waals surface area contributed by atoms with Gasteiger partial charge >= 0.3 is 6.09 Å². The largest absolute Gasteiger partial charge is 0.486 e. The van der Waals surface area contributed by atoms with Crippen molar-refractivity contribution in [2.45, 2.75) is 12.5 Å². The molecule has 7 nitrogen and oxygen atoms in total. The van der Waals surface area contributed by atoms with Gasteiger partial charge in [-0.1, -0.05) is 30.3 Å². The van der Waals surface area contributed by atoms with Crippen LogP contribution in [0.2, 0.25) is 0 Å². The number of alkyl carbamates (subject to hydrolysis) is 1. The molecule has 2 aromatic rings. The quantitative estimate of drug-likeness (QED) is 0.754. The highest BCUT2D eigenvalue weighted by molar-refractivity contribution is 9.10. The first kappa shape index (κ1) is 19.0. The van der Waals surface area contributed by atoms with Crippen LogP contribution in [0.4, 0.5) is 10.5 Å². The number of amides is 2. The summed E-state index contributed by atoms with van der Waals surface area (Å²) >= 11 is 3.42. The second-order valence-corrected chi connectivity index (χ2v) is 6.70. The number of methoxy groups -OCH3 is 1. The molecule has 8 heteroatoms. The van der Waals surface area contributed by atoms with E-state index in [1.807, 2.05) is 30.3 Å². The Morgan fingerprint density at radius 3 is 2.48 bits per heavy atom. The van der Waals surface area contributed by atoms with E-state index in [9.17, 15) is 9.59 Å². The van der Waals surface area contributed by atoms with Crippen LogP contribution in [0.1, 0.15) is 5.56 Å². The van der Waals surface area contributed by atoms with Crippen LogP contribution in [-0.4, -0.2) is 38.4 Å². The Morgan fingerprint density at radius 1 is 1.15 bits per heavy atom. The van der Waals surface area contributed by atoms with Crippen molar-refractivity contribution >= 4 is 33.6 Å². The minimum absolute atomic E-state index is 0.323. The van der Waals surface area contributed by atoms with Crippen LogP contribution >= 0.6 is 15.9 Å². The zero-order chi connectivity index (χ0) is 19.2. The first-order valence-corrected chi connectivity index (χ1v) is 9.14. The van der Waals surface area contributed by atoms with Gasteiger partial charge in [-0.3, -0.25) is 4.79 Å². The molecule has 1 aliphatic rings. The van der Waals surface area contributed by atoms with Crippen molar-refractivity contribution < 1.29 is 23.8 Å². The topological polar surface area (TPSA) is 85.9 Å². The van der Waals surface area contributed by atoms with Crippen molar-refractivity contribution in [3.63, 3.8) is 0 Å². The summed E-state index contributed by atoms with van der Waals surface area (Å²) in [6.07, 6.45) is -0.350. The first-order chi connectivity index (χ1) is 13.1. The van der Waals surface area contributed by atoms with E-state index in [1.54, 1.807) is 12.1 Å². The van der Waals surface area contributed by atoms with E-state index in [2.05, 4.69) is 31.3 Å². The Labute approximate surface area is 165 Å². The molecule has 2 amide bonds. The van der Waals surface area contributed by atoms with Crippen LogP contribution in [-0.2, 0) is 16.0 Å². The number of hydrogen-bond acceptors (Lipinski definition) is 5. The van der Waals surface area contributed by atoms with Crippen molar-refractivity contribution in [3.8, 4) is 11.5 Å². The number of carbonyl (C=O) groups is 2. The summed E-state index contributed by atoms with van der Waals surface area (Å²) in [6.45, 7) is 0.926. The lowest BCUT2D eigenvalue weighted by Crippen LogP contribution is -2.45. The van der Waals surface area contributed by atoms with Gasteiger partial charge in [0, 0.05) is 23.0 Å². The van der Waals surface area contributed by atoms with Gasteiger partial charge in [-0.05, 0) is 21.5 Å². The molecule has 1 aliphatic heterocycles. The average Bonchev–Trinajstić information content (AvgIpc) is 2.68. The molecule has 27 heavy (non-hydrogen) atoms. The van der Waals surface area contributed by atoms with Crippen molar-refractivity contribution in [2.75, 3.05) is 25.6 Å². The summed E-state index contributed by atoms with van der Waals surface area (Å²) in [6, 6.07) is 12.0. The van der Waals surface area contributed by atoms with Crippen LogP contribution in [0.3, 0.4) is 0 Å². The predicted molar refractivity (Wildman–Crippen MR) is 103 cm³/mol. The molecule has 0 saturated carbocycles. The zero-order valence-electron chi connectivity index (χ0n) is 14.7. The van der Waals surface area contributed by atoms with Crippen molar-refractivity contribution in [2.24, 2.45) is 0 Å². The number of carbonyl (C=O) groups excluding carboxylic acids is 2. The molecule has 3 rings (SSSR count). The molecule has 0 aliphatic carbocycles. The maximum Gasteiger partial charge on any atom is 0.407 e. The molecule has 1 unspecified atom stereocenters. The standard InChI is InChI=1S/C19H19BrN2O5/c1-25-19(24)22-15(9-12-5-3-2-4-6-12)18(23)21-14-11-17-16(10-13(14)20)26-7-8-27-17/h2-6,10-11,15H,7-9H2,1H3,(H,21,23)(H,22,24). The number of halogens is 1. The maximum absolute atomic E-state index is 12.8. The predicted octanol–water partition coefficient (Wildman–Crippen LogP) is 3.13. The van der Waals surface area contributed by atoms with Crippen LogP contribution in [0, 0.1) is 0 Å². The molecule has 2 aromatic carbocycles. The summed E-state index contributed by atoms with van der Waals surface area (Å²) in [5, 5.41) is 5.39. The van der Waals surface area contributed by atoms with E-state index < -0.39 is 12.1 Å². The van der Waals surface area contributed by atoms with Crippen molar-refractivity contribution in [1.82, 2.24) is 5.32 Å². The molecule has 0 aromatic heterocycles. The second-order valence-electron chi connectivity index (χ2n) is 5.84. The number of hydrogen-bond donors (Lipinski definition) is 2. The summed E-state index contributed by atoms with van der Waals surface area (Å²) < 4.78 is 16.4. The minimum Gasteiger partial charge on any atom is -0.486 e. The zero-order valence-corrected chi connectivity index (χ0v) is 16.2. The third-order valence-corrected chi connectivity index (χ3v) is 4.62. The van der Waals surface area contributed by atoms with Crippen molar-refractivity contribution in [1.29, 1.82) is 0 Å². The van der Waals surface area contributed by atoms with Gasteiger partial charge in [0.15, 0.2) is 11.5 Å². The summed E-state index contributed by atoms with van der Waals surface area (Å²) in [5.74, 6) is 0.793. The van der Waals surface area contributed by atoms with Crippen LogP contribution in [0.15, 0.2) is 46.9 Å². The van der Waals surface area contributed by atoms with Crippen LogP contribution in [0.25, 0.3) is 0 Å². The highest BCUT2D eigenvalue weighted by Crippen LogP contribution is 2.38. The van der Waals surface area contributed by atoms with E-state index in [0.717, 1.165) is 5.56 Å². The summed E-state index contributed by atoms with van der Waals surface area (Å²) in [4.78, 5) is 24.5. The fourth-order valence-electron chi connectivity index (χ4n) is 2.64. The van der Waals surface area contributed by atoms with Gasteiger partial charge in [-0.25, -0.2) is 4.79 Å². The third-order valence-electron chi connectivity index (χ3n) is 3.97. The van der Waals surface area contributed by atoms with Gasteiger partial charge in [0.25, 0.3) is 0 Å². The van der Waals surface area contributed by atoms with E-state index in [-0.39, 0.29) is 5.91 Å². The van der Waals surface area contributed by atoms with Crippen LogP contribution in [0.5, 0.6) is 11.5 Å². The van der Waals surface area contributed by atoms with Crippen LogP contribution < -0.4 is 20.1 Å². The van der Waals surface area contributed by atoms with Crippen molar-refractivity contribution in [3.05, 3.63) is 52.5 Å². The van der Waals surface area contributed by atoms with E-state index in [0.29, 0.717) is 41.3 Å². The van der Waals surface area contributed by atoms with Gasteiger partial charge < -0.3 is 24.8 Å². The maximum atomic E-state index is 12.8. The van der Waals surface area contributed by atoms with Gasteiger partial charge in [0.1, 0.15) is 19.3 Å². The lowest BCUT2D eigenvalue weighted by atomic mass is 10.1. The SMILES string of the molecule is COC(=O)NC(Cc1ccccc1)C(=O)Nc1cc2c(cc1Br)OCCO2. The van der Waals surface area contributed by atoms with Gasteiger partial charge in [-0.15, -0.1) is 0 Å². The lowest BCUT2D eigenvalue weighted by molar-refractivity contribution is -0.118. The molecule has 0 radical (unpaired) electrons. The molecule has 0 spiro atoms. The molecular weight excluding hydrogens is 416 g/mol. The third kappa shape index (κ3) is 4.91. The van der Waals surface area contributed by atoms with E-state index in [4.69, 9.17) is 9.47 Å². The Balaban J connectivity index is 1.78.